The zero-order valence-electron chi connectivity index (χ0n) is 27.1. The van der Waals surface area contributed by atoms with Gasteiger partial charge in [0.15, 0.2) is 0 Å². The first-order chi connectivity index (χ1) is 23.0. The third-order valence-electron chi connectivity index (χ3n) is 10.1. The number of likely N-dealkylation sites (tertiary alicyclic amines) is 1. The Morgan fingerprint density at radius 1 is 1.06 bits per heavy atom. The number of ether oxygens (including phenoxy) is 1. The molecule has 0 spiro atoms. The van der Waals surface area contributed by atoms with Gasteiger partial charge in [0.05, 0.1) is 24.2 Å². The smallest absolute Gasteiger partial charge is 0.318 e. The SMILES string of the molecule is CN1CCCC1COc1nc2c(c(N3CCN(C(=O)/C=C/C4CC4)C(CC#N)C3)n1)CCC(c1cccc3ccccc13)C2.O=CO. The monoisotopic (exact) mass is 636 g/mol. The van der Waals surface area contributed by atoms with Gasteiger partial charge in [0.25, 0.3) is 6.47 Å². The molecular weight excluding hydrogens is 592 g/mol. The molecule has 0 bridgehead atoms. The van der Waals surface area contributed by atoms with E-state index in [-0.39, 0.29) is 18.4 Å². The molecule has 47 heavy (non-hydrogen) atoms. The van der Waals surface area contributed by atoms with Crippen LogP contribution >= 0.6 is 0 Å². The van der Waals surface area contributed by atoms with E-state index in [9.17, 15) is 10.1 Å². The molecule has 1 amide bonds. The highest BCUT2D eigenvalue weighted by atomic mass is 16.5. The molecule has 1 N–H and O–H groups in total. The zero-order chi connectivity index (χ0) is 32.8. The largest absolute Gasteiger partial charge is 0.483 e. The van der Waals surface area contributed by atoms with Crippen LogP contribution < -0.4 is 9.64 Å². The minimum absolute atomic E-state index is 0.0177. The first-order valence-electron chi connectivity index (χ1n) is 16.9. The maximum Gasteiger partial charge on any atom is 0.318 e. The molecule has 7 rings (SSSR count). The first kappa shape index (κ1) is 32.5. The number of anilines is 1. The Morgan fingerprint density at radius 2 is 1.87 bits per heavy atom. The van der Waals surface area contributed by atoms with Crippen LogP contribution in [0.15, 0.2) is 54.6 Å². The van der Waals surface area contributed by atoms with Gasteiger partial charge >= 0.3 is 6.01 Å². The summed E-state index contributed by atoms with van der Waals surface area (Å²) in [5.74, 6) is 1.85. The Hall–Kier alpha value is -4.49. The summed E-state index contributed by atoms with van der Waals surface area (Å²) in [6.45, 7) is 3.24. The normalized spacial score (nSPS) is 22.8. The van der Waals surface area contributed by atoms with Gasteiger partial charge in [0, 0.05) is 31.2 Å². The lowest BCUT2D eigenvalue weighted by Crippen LogP contribution is -2.55. The van der Waals surface area contributed by atoms with Gasteiger partial charge in [0.2, 0.25) is 5.91 Å². The standard InChI is InChI=1S/C36H42N6O2.CH2O2/c1-40-19-5-8-29(40)24-44-36-38-33-22-27(31-10-4-7-26-6-2-3-9-30(26)31)14-15-32(33)35(39-36)41-20-21-42(28(23-41)17-18-37)34(43)16-13-25-11-12-25;2-1-3/h2-4,6-7,9-10,13,16,25,27-29H,5,8,11-12,14-15,17,19-24H2,1H3;1H,(H,2,3)/b16-13+;. The van der Waals surface area contributed by atoms with Crippen molar-refractivity contribution in [1.29, 1.82) is 5.26 Å². The molecule has 2 aliphatic carbocycles. The number of amides is 1. The molecule has 4 aliphatic rings. The van der Waals surface area contributed by atoms with Crippen molar-refractivity contribution >= 4 is 29.0 Å². The van der Waals surface area contributed by atoms with Crippen molar-refractivity contribution in [2.24, 2.45) is 5.92 Å². The lowest BCUT2D eigenvalue weighted by atomic mass is 9.80. The molecule has 3 atom stereocenters. The topological polar surface area (TPSA) is 123 Å². The van der Waals surface area contributed by atoms with Gasteiger partial charge in [-0.1, -0.05) is 48.5 Å². The summed E-state index contributed by atoms with van der Waals surface area (Å²) in [6.07, 6.45) is 11.5. The number of hydrogen-bond donors (Lipinski definition) is 1. The number of carbonyl (C=O) groups excluding carboxylic acids is 1. The molecule has 0 radical (unpaired) electrons. The van der Waals surface area contributed by atoms with Crippen LogP contribution in [0.4, 0.5) is 5.82 Å². The number of hydrogen-bond acceptors (Lipinski definition) is 8. The number of carboxylic acid groups (broad SMARTS) is 1. The fraction of sp³-hybridized carbons (Fsp3) is 0.486. The van der Waals surface area contributed by atoms with Crippen molar-refractivity contribution in [1.82, 2.24) is 19.8 Å². The number of allylic oxidation sites excluding steroid dienone is 1. The number of aromatic nitrogens is 2. The summed E-state index contributed by atoms with van der Waals surface area (Å²) in [5.41, 5.74) is 3.64. The van der Waals surface area contributed by atoms with Gasteiger partial charge in [-0.3, -0.25) is 9.59 Å². The molecule has 3 unspecified atom stereocenters. The maximum absolute atomic E-state index is 13.1. The summed E-state index contributed by atoms with van der Waals surface area (Å²) >= 11 is 0. The Balaban J connectivity index is 0.00000124. The Kier molecular flexibility index (Phi) is 10.3. The van der Waals surface area contributed by atoms with E-state index >= 15 is 0 Å². The van der Waals surface area contributed by atoms with Crippen LogP contribution in [0.3, 0.4) is 0 Å². The summed E-state index contributed by atoms with van der Waals surface area (Å²) in [4.78, 5) is 38.1. The number of fused-ring (bicyclic) bond motifs is 2. The van der Waals surface area contributed by atoms with Gasteiger partial charge in [-0.05, 0) is 92.8 Å². The van der Waals surface area contributed by atoms with E-state index in [0.717, 1.165) is 43.7 Å². The highest BCUT2D eigenvalue weighted by molar-refractivity contribution is 5.88. The van der Waals surface area contributed by atoms with E-state index in [4.69, 9.17) is 24.6 Å². The van der Waals surface area contributed by atoms with Crippen molar-refractivity contribution < 1.29 is 19.4 Å². The van der Waals surface area contributed by atoms with Crippen molar-refractivity contribution in [3.63, 3.8) is 0 Å². The maximum atomic E-state index is 13.1. The molecule has 10 heteroatoms. The van der Waals surface area contributed by atoms with Gasteiger partial charge < -0.3 is 24.5 Å². The van der Waals surface area contributed by atoms with Crippen LogP contribution in [-0.2, 0) is 22.4 Å². The van der Waals surface area contributed by atoms with Crippen LogP contribution in [-0.4, -0.2) is 89.2 Å². The lowest BCUT2D eigenvalue weighted by Gasteiger charge is -2.42. The second-order valence-corrected chi connectivity index (χ2v) is 13.1. The van der Waals surface area contributed by atoms with Crippen molar-refractivity contribution in [2.45, 2.75) is 69.4 Å². The van der Waals surface area contributed by atoms with Crippen LogP contribution in [0.5, 0.6) is 6.01 Å². The number of nitriles is 1. The summed E-state index contributed by atoms with van der Waals surface area (Å²) in [6, 6.07) is 18.2. The Morgan fingerprint density at radius 3 is 2.64 bits per heavy atom. The van der Waals surface area contributed by atoms with Crippen molar-refractivity contribution in [3.05, 3.63) is 71.4 Å². The third-order valence-corrected chi connectivity index (χ3v) is 10.1. The van der Waals surface area contributed by atoms with E-state index in [1.54, 1.807) is 6.08 Å². The van der Waals surface area contributed by atoms with Gasteiger partial charge in [-0.25, -0.2) is 0 Å². The molecule has 10 nitrogen and oxygen atoms in total. The molecule has 2 aliphatic heterocycles. The van der Waals surface area contributed by atoms with Crippen molar-refractivity contribution in [2.75, 3.05) is 44.7 Å². The second-order valence-electron chi connectivity index (χ2n) is 13.1. The van der Waals surface area contributed by atoms with E-state index in [0.29, 0.717) is 56.6 Å². The average Bonchev–Trinajstić information content (AvgIpc) is 3.84. The molecular formula is C37H44N6O4. The highest BCUT2D eigenvalue weighted by Crippen LogP contribution is 2.39. The number of piperazine rings is 1. The minimum Gasteiger partial charge on any atom is -0.483 e. The van der Waals surface area contributed by atoms with Gasteiger partial charge in [-0.2, -0.15) is 15.2 Å². The molecule has 1 aromatic heterocycles. The molecule has 3 fully saturated rings. The summed E-state index contributed by atoms with van der Waals surface area (Å²) in [7, 11) is 2.16. The second kappa shape index (κ2) is 14.9. The Bertz CT molecular complexity index is 1640. The Labute approximate surface area is 276 Å². The number of likely N-dealkylation sites (N-methyl/N-ethyl adjacent to an activating group) is 1. The van der Waals surface area contributed by atoms with Crippen molar-refractivity contribution in [3.8, 4) is 12.1 Å². The lowest BCUT2D eigenvalue weighted by molar-refractivity contribution is -0.128. The minimum atomic E-state index is -0.250. The predicted molar refractivity (Wildman–Crippen MR) is 180 cm³/mol. The van der Waals surface area contributed by atoms with Crippen LogP contribution in [0.25, 0.3) is 10.8 Å². The molecule has 246 valence electrons. The van der Waals surface area contributed by atoms with E-state index in [1.807, 2.05) is 11.0 Å². The number of rotatable bonds is 8. The average molecular weight is 637 g/mol. The highest BCUT2D eigenvalue weighted by Gasteiger charge is 2.34. The van der Waals surface area contributed by atoms with E-state index < -0.39 is 0 Å². The number of carbonyl (C=O) groups is 2. The van der Waals surface area contributed by atoms with E-state index in [2.05, 4.69) is 65.4 Å². The third kappa shape index (κ3) is 7.57. The molecule has 3 aromatic rings. The van der Waals surface area contributed by atoms with Gasteiger partial charge in [-0.15, -0.1) is 0 Å². The zero-order valence-corrected chi connectivity index (χ0v) is 27.1. The molecule has 3 heterocycles. The van der Waals surface area contributed by atoms with Crippen LogP contribution in [0, 0.1) is 17.2 Å². The number of benzene rings is 2. The quantitative estimate of drug-likeness (QED) is 0.270. The molecule has 2 saturated heterocycles. The predicted octanol–water partition coefficient (Wildman–Crippen LogP) is 4.97. The molecule has 2 aromatic carbocycles. The summed E-state index contributed by atoms with van der Waals surface area (Å²) in [5, 5.41) is 19.1. The number of nitrogens with zero attached hydrogens (tertiary/aromatic N) is 6. The fourth-order valence-corrected chi connectivity index (χ4v) is 7.35. The molecule has 1 saturated carbocycles. The summed E-state index contributed by atoms with van der Waals surface area (Å²) < 4.78 is 6.35. The van der Waals surface area contributed by atoms with E-state index in [1.165, 1.54) is 41.2 Å². The van der Waals surface area contributed by atoms with Crippen LogP contribution in [0.2, 0.25) is 0 Å². The van der Waals surface area contributed by atoms with Gasteiger partial charge in [0.1, 0.15) is 12.4 Å². The fourth-order valence-electron chi connectivity index (χ4n) is 7.35. The van der Waals surface area contributed by atoms with Crippen LogP contribution in [0.1, 0.15) is 61.3 Å². The first-order valence-corrected chi connectivity index (χ1v) is 16.9.